The lowest BCUT2D eigenvalue weighted by molar-refractivity contribution is 1.05. The number of aromatic nitrogens is 3. The summed E-state index contributed by atoms with van der Waals surface area (Å²) in [4.78, 5) is 0. The highest BCUT2D eigenvalue weighted by atomic mass is 15.2. The second kappa shape index (κ2) is 6.01. The summed E-state index contributed by atoms with van der Waals surface area (Å²) >= 11 is 0. The monoisotopic (exact) mass is 275 g/mol. The third-order valence-electron chi connectivity index (χ3n) is 2.78. The van der Waals surface area contributed by atoms with Crippen molar-refractivity contribution >= 4 is 5.69 Å². The minimum Gasteiger partial charge on any atom is -0.345 e. The number of hydrogen-bond donors (Lipinski definition) is 1. The van der Waals surface area contributed by atoms with E-state index in [2.05, 4.69) is 15.5 Å². The molecule has 7 nitrogen and oxygen atoms in total. The van der Waals surface area contributed by atoms with E-state index in [9.17, 15) is 0 Å². The van der Waals surface area contributed by atoms with Gasteiger partial charge in [-0.1, -0.05) is 6.07 Å². The van der Waals surface area contributed by atoms with E-state index in [1.54, 1.807) is 35.4 Å². The number of anilines is 1. The first kappa shape index (κ1) is 13.8. The molecule has 0 bridgehead atoms. The molecule has 7 heteroatoms. The highest BCUT2D eigenvalue weighted by Gasteiger charge is 2.09. The van der Waals surface area contributed by atoms with Crippen LogP contribution in [-0.4, -0.2) is 14.8 Å². The molecule has 0 saturated carbocycles. The Morgan fingerprint density at radius 2 is 1.76 bits per heavy atom. The molecular formula is C14H9N7. The second-order valence-electron chi connectivity index (χ2n) is 4.08. The highest BCUT2D eigenvalue weighted by molar-refractivity contribution is 5.64. The Kier molecular flexibility index (Phi) is 3.95. The first-order valence-corrected chi connectivity index (χ1v) is 5.87. The minimum absolute atomic E-state index is 0.0796. The molecule has 2 rings (SSSR count). The normalized spacial score (nSPS) is 9.05. The lowest BCUT2D eigenvalue weighted by atomic mass is 10.1. The van der Waals surface area contributed by atoms with Gasteiger partial charge in [0.15, 0.2) is 5.57 Å². The van der Waals surface area contributed by atoms with E-state index >= 15 is 0 Å². The van der Waals surface area contributed by atoms with Crippen LogP contribution < -0.4 is 5.32 Å². The van der Waals surface area contributed by atoms with Crippen molar-refractivity contribution in [2.45, 2.75) is 6.92 Å². The van der Waals surface area contributed by atoms with E-state index < -0.39 is 0 Å². The zero-order valence-electron chi connectivity index (χ0n) is 11.1. The summed E-state index contributed by atoms with van der Waals surface area (Å²) in [5.41, 5.74) is 1.95. The van der Waals surface area contributed by atoms with Gasteiger partial charge in [-0.15, -0.1) is 10.2 Å². The van der Waals surface area contributed by atoms with Crippen molar-refractivity contribution in [2.24, 2.45) is 0 Å². The Balaban J connectivity index is 2.44. The smallest absolute Gasteiger partial charge is 0.163 e. The molecule has 0 amide bonds. The molecule has 0 aliphatic heterocycles. The maximum atomic E-state index is 9.07. The summed E-state index contributed by atoms with van der Waals surface area (Å²) < 4.78 is 1.70. The molecule has 0 saturated heterocycles. The van der Waals surface area contributed by atoms with Gasteiger partial charge >= 0.3 is 0 Å². The summed E-state index contributed by atoms with van der Waals surface area (Å²) in [5, 5.41) is 37.0. The van der Waals surface area contributed by atoms with E-state index in [1.165, 1.54) is 0 Å². The van der Waals surface area contributed by atoms with Crippen molar-refractivity contribution in [1.29, 1.82) is 15.8 Å². The zero-order valence-corrected chi connectivity index (χ0v) is 11.1. The van der Waals surface area contributed by atoms with Crippen LogP contribution >= 0.6 is 0 Å². The fraction of sp³-hybridized carbons (Fsp3) is 0.0714. The van der Waals surface area contributed by atoms with Gasteiger partial charge in [-0.25, -0.2) is 0 Å². The second-order valence-corrected chi connectivity index (χ2v) is 4.08. The number of nitriles is 3. The largest absolute Gasteiger partial charge is 0.345 e. The van der Waals surface area contributed by atoms with Crippen LogP contribution in [0.4, 0.5) is 5.69 Å². The van der Waals surface area contributed by atoms with Crippen molar-refractivity contribution in [1.82, 2.24) is 14.8 Å². The first-order chi connectivity index (χ1) is 10.2. The fourth-order valence-electron chi connectivity index (χ4n) is 1.66. The number of rotatable bonds is 3. The van der Waals surface area contributed by atoms with Gasteiger partial charge < -0.3 is 5.32 Å². The first-order valence-electron chi connectivity index (χ1n) is 5.87. The SMILES string of the molecule is Cc1ccc(-n2cnnc2)cc1NC(C#N)=C(C#N)C#N. The van der Waals surface area contributed by atoms with Crippen LogP contribution in [0.2, 0.25) is 0 Å². The van der Waals surface area contributed by atoms with E-state index in [0.29, 0.717) is 5.69 Å². The maximum Gasteiger partial charge on any atom is 0.163 e. The molecule has 0 spiro atoms. The van der Waals surface area contributed by atoms with Gasteiger partial charge in [0.2, 0.25) is 0 Å². The van der Waals surface area contributed by atoms with Crippen LogP contribution in [0.1, 0.15) is 5.56 Å². The summed E-state index contributed by atoms with van der Waals surface area (Å²) in [6, 6.07) is 10.7. The average Bonchev–Trinajstić information content (AvgIpc) is 3.03. The van der Waals surface area contributed by atoms with Crippen LogP contribution in [0.15, 0.2) is 42.1 Å². The lowest BCUT2D eigenvalue weighted by Gasteiger charge is -2.10. The van der Waals surface area contributed by atoms with Crippen molar-refractivity contribution < 1.29 is 0 Å². The summed E-state index contributed by atoms with van der Waals surface area (Å²) in [6.45, 7) is 1.85. The predicted molar refractivity (Wildman–Crippen MR) is 73.6 cm³/mol. The Morgan fingerprint density at radius 3 is 2.33 bits per heavy atom. The lowest BCUT2D eigenvalue weighted by Crippen LogP contribution is -2.03. The van der Waals surface area contributed by atoms with Crippen LogP contribution in [0.25, 0.3) is 5.69 Å². The van der Waals surface area contributed by atoms with Crippen molar-refractivity contribution in [2.75, 3.05) is 5.32 Å². The number of benzene rings is 1. The molecule has 0 aliphatic carbocycles. The average molecular weight is 275 g/mol. The minimum atomic E-state index is -0.258. The molecule has 21 heavy (non-hydrogen) atoms. The van der Waals surface area contributed by atoms with Crippen molar-refractivity contribution in [3.05, 3.63) is 47.7 Å². The molecule has 1 aromatic carbocycles. The van der Waals surface area contributed by atoms with E-state index in [-0.39, 0.29) is 11.3 Å². The standard InChI is InChI=1S/C14H9N7/c1-10-2-3-12(21-8-18-19-9-21)4-13(10)20-14(7-17)11(5-15)6-16/h2-4,8-9,20H,1H3. The molecule has 2 aromatic rings. The topological polar surface area (TPSA) is 114 Å². The maximum absolute atomic E-state index is 9.07. The highest BCUT2D eigenvalue weighted by Crippen LogP contribution is 2.21. The van der Waals surface area contributed by atoms with E-state index in [4.69, 9.17) is 15.8 Å². The molecule has 0 aliphatic rings. The Labute approximate surface area is 121 Å². The number of nitrogens with zero attached hydrogens (tertiary/aromatic N) is 6. The number of allylic oxidation sites excluding steroid dienone is 2. The molecular weight excluding hydrogens is 266 g/mol. The Morgan fingerprint density at radius 1 is 1.10 bits per heavy atom. The van der Waals surface area contributed by atoms with E-state index in [1.807, 2.05) is 25.1 Å². The fourth-order valence-corrected chi connectivity index (χ4v) is 1.66. The Bertz CT molecular complexity index is 794. The number of nitrogens with one attached hydrogen (secondary N) is 1. The van der Waals surface area contributed by atoms with Crippen LogP contribution in [-0.2, 0) is 0 Å². The van der Waals surface area contributed by atoms with Crippen molar-refractivity contribution in [3.8, 4) is 23.9 Å². The molecule has 0 unspecified atom stereocenters. The van der Waals surface area contributed by atoms with Gasteiger partial charge in [-0.3, -0.25) is 4.57 Å². The summed E-state index contributed by atoms with van der Waals surface area (Å²) in [6.07, 6.45) is 3.09. The summed E-state index contributed by atoms with van der Waals surface area (Å²) in [5.74, 6) is 0. The van der Waals surface area contributed by atoms with Crippen LogP contribution in [0.3, 0.4) is 0 Å². The number of hydrogen-bond acceptors (Lipinski definition) is 6. The Hall–Kier alpha value is -3.63. The zero-order chi connectivity index (χ0) is 15.2. The molecule has 0 atom stereocenters. The predicted octanol–water partition coefficient (Wildman–Crippen LogP) is 1.81. The quantitative estimate of drug-likeness (QED) is 0.854. The molecule has 100 valence electrons. The van der Waals surface area contributed by atoms with Gasteiger partial charge in [0.05, 0.1) is 5.69 Å². The van der Waals surface area contributed by atoms with Gasteiger partial charge in [-0.2, -0.15) is 15.8 Å². The third-order valence-corrected chi connectivity index (χ3v) is 2.78. The van der Waals surface area contributed by atoms with Crippen LogP contribution in [0, 0.1) is 40.9 Å². The van der Waals surface area contributed by atoms with Gasteiger partial charge in [0.1, 0.15) is 36.6 Å². The third kappa shape index (κ3) is 2.86. The molecule has 0 fully saturated rings. The van der Waals surface area contributed by atoms with Crippen molar-refractivity contribution in [3.63, 3.8) is 0 Å². The van der Waals surface area contributed by atoms with Gasteiger partial charge in [0, 0.05) is 5.69 Å². The summed E-state index contributed by atoms with van der Waals surface area (Å²) in [7, 11) is 0. The van der Waals surface area contributed by atoms with Gasteiger partial charge in [-0.05, 0) is 24.6 Å². The number of aryl methyl sites for hydroxylation is 1. The van der Waals surface area contributed by atoms with Crippen LogP contribution in [0.5, 0.6) is 0 Å². The van der Waals surface area contributed by atoms with Gasteiger partial charge in [0.25, 0.3) is 0 Å². The molecule has 1 heterocycles. The molecule has 1 N–H and O–H groups in total. The molecule has 1 aromatic heterocycles. The van der Waals surface area contributed by atoms with E-state index in [0.717, 1.165) is 11.3 Å². The molecule has 0 radical (unpaired) electrons.